The van der Waals surface area contributed by atoms with Gasteiger partial charge in [0, 0.05) is 37.3 Å². The van der Waals surface area contributed by atoms with Crippen molar-refractivity contribution >= 4 is 28.5 Å². The number of pyridine rings is 1. The van der Waals surface area contributed by atoms with Gasteiger partial charge in [0.15, 0.2) is 6.10 Å². The molecule has 6 heteroatoms. The van der Waals surface area contributed by atoms with Gasteiger partial charge in [0.1, 0.15) is 5.69 Å². The second-order valence-corrected chi connectivity index (χ2v) is 7.08. The molecule has 1 aliphatic rings. The van der Waals surface area contributed by atoms with Crippen molar-refractivity contribution in [2.75, 3.05) is 31.1 Å². The van der Waals surface area contributed by atoms with Crippen molar-refractivity contribution in [1.82, 2.24) is 9.88 Å². The minimum Gasteiger partial charge on any atom is -0.448 e. The van der Waals surface area contributed by atoms with Crippen LogP contribution < -0.4 is 4.90 Å². The lowest BCUT2D eigenvalue weighted by Gasteiger charge is -2.37. The number of esters is 1. The van der Waals surface area contributed by atoms with E-state index in [2.05, 4.69) is 22.0 Å². The van der Waals surface area contributed by atoms with E-state index in [1.807, 2.05) is 48.5 Å². The number of benzene rings is 2. The van der Waals surface area contributed by atoms with E-state index in [0.717, 1.165) is 29.7 Å². The van der Waals surface area contributed by atoms with Crippen LogP contribution in [0.1, 0.15) is 17.4 Å². The number of hydrogen-bond donors (Lipinski definition) is 0. The zero-order valence-corrected chi connectivity index (χ0v) is 16.3. The summed E-state index contributed by atoms with van der Waals surface area (Å²) in [5, 5.41) is 0.949. The Bertz CT molecular complexity index is 1010. The number of carbonyl (C=O) groups excluding carboxylic acids is 2. The number of hydrogen-bond acceptors (Lipinski definition) is 5. The molecule has 1 aromatic heterocycles. The predicted octanol–water partition coefficient (Wildman–Crippen LogP) is 3.13. The highest BCUT2D eigenvalue weighted by Crippen LogP contribution is 2.17. The lowest BCUT2D eigenvalue weighted by molar-refractivity contribution is -0.140. The summed E-state index contributed by atoms with van der Waals surface area (Å²) >= 11 is 0. The molecule has 3 aromatic rings. The number of piperazine rings is 1. The van der Waals surface area contributed by atoms with Crippen molar-refractivity contribution in [3.05, 3.63) is 72.4 Å². The maximum Gasteiger partial charge on any atom is 0.357 e. The minimum absolute atomic E-state index is 0.174. The molecule has 1 amide bonds. The number of fused-ring (bicyclic) bond motifs is 1. The van der Waals surface area contributed by atoms with Gasteiger partial charge >= 0.3 is 5.97 Å². The van der Waals surface area contributed by atoms with Crippen molar-refractivity contribution in [3.63, 3.8) is 0 Å². The van der Waals surface area contributed by atoms with E-state index in [1.165, 1.54) is 0 Å². The summed E-state index contributed by atoms with van der Waals surface area (Å²) in [5.41, 5.74) is 2.08. The Morgan fingerprint density at radius 1 is 0.897 bits per heavy atom. The molecule has 1 fully saturated rings. The fraction of sp³-hybridized carbons (Fsp3) is 0.261. The van der Waals surface area contributed by atoms with Gasteiger partial charge in [-0.15, -0.1) is 0 Å². The molecule has 148 valence electrons. The summed E-state index contributed by atoms with van der Waals surface area (Å²) in [6.07, 6.45) is -0.848. The molecule has 0 spiro atoms. The first-order valence-electron chi connectivity index (χ1n) is 9.77. The van der Waals surface area contributed by atoms with E-state index in [-0.39, 0.29) is 11.6 Å². The first-order chi connectivity index (χ1) is 14.1. The van der Waals surface area contributed by atoms with Gasteiger partial charge in [0.25, 0.3) is 5.91 Å². The Labute approximate surface area is 169 Å². The summed E-state index contributed by atoms with van der Waals surface area (Å²) in [6.45, 7) is 4.32. The fourth-order valence-corrected chi connectivity index (χ4v) is 3.53. The average molecular weight is 389 g/mol. The molecule has 2 aromatic carbocycles. The van der Waals surface area contributed by atoms with Gasteiger partial charge in [-0.05, 0) is 31.2 Å². The third-order valence-corrected chi connectivity index (χ3v) is 5.15. The molecule has 0 aliphatic carbocycles. The van der Waals surface area contributed by atoms with Crippen LogP contribution in [0.25, 0.3) is 10.9 Å². The SMILES string of the molecule is CC(OC(=O)c1ccc2ccccc2n1)C(=O)N1CCN(c2ccccc2)CC1. The Morgan fingerprint density at radius 2 is 1.59 bits per heavy atom. The molecule has 2 heterocycles. The Kier molecular flexibility index (Phi) is 5.42. The predicted molar refractivity (Wildman–Crippen MR) is 112 cm³/mol. The number of carbonyl (C=O) groups is 2. The van der Waals surface area contributed by atoms with Crippen LogP contribution in [0.4, 0.5) is 5.69 Å². The van der Waals surface area contributed by atoms with Crippen LogP contribution in [0.15, 0.2) is 66.7 Å². The largest absolute Gasteiger partial charge is 0.448 e. The van der Waals surface area contributed by atoms with Crippen molar-refractivity contribution in [1.29, 1.82) is 0 Å². The smallest absolute Gasteiger partial charge is 0.357 e. The Morgan fingerprint density at radius 3 is 2.34 bits per heavy atom. The molecule has 29 heavy (non-hydrogen) atoms. The molecule has 0 N–H and O–H groups in total. The highest BCUT2D eigenvalue weighted by Gasteiger charge is 2.27. The van der Waals surface area contributed by atoms with Crippen molar-refractivity contribution in [3.8, 4) is 0 Å². The van der Waals surface area contributed by atoms with Crippen LogP contribution in [0.3, 0.4) is 0 Å². The zero-order valence-electron chi connectivity index (χ0n) is 16.3. The molecule has 1 saturated heterocycles. The number of nitrogens with zero attached hydrogens (tertiary/aromatic N) is 3. The number of anilines is 1. The van der Waals surface area contributed by atoms with Crippen LogP contribution in [0.2, 0.25) is 0 Å². The number of amides is 1. The van der Waals surface area contributed by atoms with E-state index >= 15 is 0 Å². The third-order valence-electron chi connectivity index (χ3n) is 5.15. The molecular formula is C23H23N3O3. The van der Waals surface area contributed by atoms with Gasteiger partial charge in [-0.2, -0.15) is 0 Å². The molecule has 0 saturated carbocycles. The maximum atomic E-state index is 12.7. The highest BCUT2D eigenvalue weighted by molar-refractivity contribution is 5.93. The summed E-state index contributed by atoms with van der Waals surface area (Å²) in [4.78, 5) is 33.5. The molecule has 1 aliphatic heterocycles. The zero-order chi connectivity index (χ0) is 20.2. The summed E-state index contributed by atoms with van der Waals surface area (Å²) in [7, 11) is 0. The molecule has 6 nitrogen and oxygen atoms in total. The number of para-hydroxylation sites is 2. The van der Waals surface area contributed by atoms with E-state index in [4.69, 9.17) is 4.74 Å². The molecule has 4 rings (SSSR count). The fourth-order valence-electron chi connectivity index (χ4n) is 3.53. The standard InChI is InChI=1S/C23H23N3O3/c1-17(29-23(28)21-12-11-18-7-5-6-10-20(18)24-21)22(27)26-15-13-25(14-16-26)19-8-3-2-4-9-19/h2-12,17H,13-16H2,1H3. The summed E-state index contributed by atoms with van der Waals surface area (Å²) in [5.74, 6) is -0.758. The van der Waals surface area contributed by atoms with Gasteiger partial charge in [-0.1, -0.05) is 42.5 Å². The van der Waals surface area contributed by atoms with Gasteiger partial charge in [0.05, 0.1) is 5.52 Å². The van der Waals surface area contributed by atoms with E-state index in [9.17, 15) is 9.59 Å². The van der Waals surface area contributed by atoms with E-state index < -0.39 is 12.1 Å². The van der Waals surface area contributed by atoms with Gasteiger partial charge in [0.2, 0.25) is 0 Å². The Hall–Kier alpha value is -3.41. The third kappa shape index (κ3) is 4.21. The van der Waals surface area contributed by atoms with Gasteiger partial charge < -0.3 is 14.5 Å². The Balaban J connectivity index is 1.35. The lowest BCUT2D eigenvalue weighted by Crippen LogP contribution is -2.51. The van der Waals surface area contributed by atoms with Crippen LogP contribution in [-0.4, -0.2) is 54.0 Å². The van der Waals surface area contributed by atoms with E-state index in [0.29, 0.717) is 13.1 Å². The average Bonchev–Trinajstić information content (AvgIpc) is 2.79. The van der Waals surface area contributed by atoms with Crippen LogP contribution in [0, 0.1) is 0 Å². The van der Waals surface area contributed by atoms with Crippen molar-refractivity contribution in [2.45, 2.75) is 13.0 Å². The molecule has 1 unspecified atom stereocenters. The van der Waals surface area contributed by atoms with Crippen LogP contribution in [0.5, 0.6) is 0 Å². The first kappa shape index (κ1) is 18.9. The number of aromatic nitrogens is 1. The van der Waals surface area contributed by atoms with Crippen molar-refractivity contribution in [2.24, 2.45) is 0 Å². The molecule has 0 bridgehead atoms. The molecule has 0 radical (unpaired) electrons. The van der Waals surface area contributed by atoms with Gasteiger partial charge in [-0.3, -0.25) is 4.79 Å². The first-order valence-corrected chi connectivity index (χ1v) is 9.77. The van der Waals surface area contributed by atoms with Crippen LogP contribution in [-0.2, 0) is 9.53 Å². The van der Waals surface area contributed by atoms with Crippen LogP contribution >= 0.6 is 0 Å². The topological polar surface area (TPSA) is 62.7 Å². The van der Waals surface area contributed by atoms with E-state index in [1.54, 1.807) is 17.9 Å². The quantitative estimate of drug-likeness (QED) is 0.642. The monoisotopic (exact) mass is 389 g/mol. The lowest BCUT2D eigenvalue weighted by atomic mass is 10.2. The summed E-state index contributed by atoms with van der Waals surface area (Å²) < 4.78 is 5.41. The second-order valence-electron chi connectivity index (χ2n) is 7.08. The highest BCUT2D eigenvalue weighted by atomic mass is 16.5. The molecular weight excluding hydrogens is 366 g/mol. The maximum absolute atomic E-state index is 12.7. The van der Waals surface area contributed by atoms with Crippen molar-refractivity contribution < 1.29 is 14.3 Å². The second kappa shape index (κ2) is 8.31. The summed E-state index contributed by atoms with van der Waals surface area (Å²) in [6, 6.07) is 21.2. The minimum atomic E-state index is -0.848. The number of ether oxygens (including phenoxy) is 1. The molecule has 1 atom stereocenters. The normalized spacial score (nSPS) is 15.2. The number of rotatable bonds is 4. The van der Waals surface area contributed by atoms with Gasteiger partial charge in [-0.25, -0.2) is 9.78 Å².